The SMILES string of the molecule is O=C(N[C@@H]1CCN(C2CCCN(C(=O)O)CC2)C1)c1cc(C(F)(F)F)cc(C(F)(F)F)c1. The maximum Gasteiger partial charge on any atom is 0.416 e. The Morgan fingerprint density at radius 1 is 0.906 bits per heavy atom. The van der Waals surface area contributed by atoms with Crippen LogP contribution < -0.4 is 5.32 Å². The third-order valence-corrected chi connectivity index (χ3v) is 5.89. The van der Waals surface area contributed by atoms with E-state index in [0.717, 1.165) is 6.42 Å². The van der Waals surface area contributed by atoms with Crippen molar-refractivity contribution < 1.29 is 41.0 Å². The molecule has 2 amide bonds. The van der Waals surface area contributed by atoms with Crippen molar-refractivity contribution in [1.82, 2.24) is 15.1 Å². The third kappa shape index (κ3) is 5.84. The number of hydrogen-bond donors (Lipinski definition) is 2. The second-order valence-electron chi connectivity index (χ2n) is 8.10. The van der Waals surface area contributed by atoms with Crippen molar-refractivity contribution in [2.45, 2.75) is 50.1 Å². The average molecular weight is 467 g/mol. The molecule has 2 saturated heterocycles. The van der Waals surface area contributed by atoms with Crippen molar-refractivity contribution in [2.75, 3.05) is 26.2 Å². The van der Waals surface area contributed by atoms with E-state index in [1.165, 1.54) is 4.90 Å². The summed E-state index contributed by atoms with van der Waals surface area (Å²) < 4.78 is 78.2. The number of nitrogens with one attached hydrogen (secondary N) is 1. The molecule has 2 N–H and O–H groups in total. The first kappa shape index (κ1) is 24.1. The topological polar surface area (TPSA) is 72.9 Å². The lowest BCUT2D eigenvalue weighted by atomic mass is 10.0. The van der Waals surface area contributed by atoms with Crippen LogP contribution in [0.4, 0.5) is 31.1 Å². The molecule has 2 fully saturated rings. The molecule has 32 heavy (non-hydrogen) atoms. The Bertz CT molecular complexity index is 826. The number of carbonyl (C=O) groups excluding carboxylic acids is 1. The second kappa shape index (κ2) is 9.16. The van der Waals surface area contributed by atoms with E-state index in [0.29, 0.717) is 57.6 Å². The molecule has 2 aliphatic rings. The molecule has 2 atom stereocenters. The van der Waals surface area contributed by atoms with Crippen molar-refractivity contribution >= 4 is 12.0 Å². The summed E-state index contributed by atoms with van der Waals surface area (Å²) in [5, 5.41) is 11.7. The van der Waals surface area contributed by atoms with Crippen LogP contribution in [-0.2, 0) is 12.4 Å². The van der Waals surface area contributed by atoms with Crippen LogP contribution in [0.15, 0.2) is 18.2 Å². The first-order valence-electron chi connectivity index (χ1n) is 10.2. The zero-order chi connectivity index (χ0) is 23.7. The summed E-state index contributed by atoms with van der Waals surface area (Å²) in [5.74, 6) is -0.994. The molecule has 0 aromatic heterocycles. The maximum atomic E-state index is 13.0. The van der Waals surface area contributed by atoms with Crippen LogP contribution in [-0.4, -0.2) is 65.2 Å². The van der Waals surface area contributed by atoms with Gasteiger partial charge in [0, 0.05) is 43.8 Å². The molecule has 178 valence electrons. The van der Waals surface area contributed by atoms with Crippen LogP contribution in [0.3, 0.4) is 0 Å². The smallest absolute Gasteiger partial charge is 0.416 e. The predicted octanol–water partition coefficient (Wildman–Crippen LogP) is 4.06. The van der Waals surface area contributed by atoms with Gasteiger partial charge in [-0.2, -0.15) is 26.3 Å². The van der Waals surface area contributed by atoms with Crippen LogP contribution in [0.1, 0.15) is 47.2 Å². The molecule has 0 bridgehead atoms. The highest BCUT2D eigenvalue weighted by atomic mass is 19.4. The first-order chi connectivity index (χ1) is 14.8. The van der Waals surface area contributed by atoms with Gasteiger partial charge in [0.05, 0.1) is 11.1 Å². The molecule has 1 unspecified atom stereocenters. The van der Waals surface area contributed by atoms with Crippen LogP contribution in [0.5, 0.6) is 0 Å². The summed E-state index contributed by atoms with van der Waals surface area (Å²) in [6, 6.07) is 0.504. The highest BCUT2D eigenvalue weighted by Crippen LogP contribution is 2.36. The van der Waals surface area contributed by atoms with Crippen LogP contribution in [0.25, 0.3) is 0 Å². The fourth-order valence-electron chi connectivity index (χ4n) is 4.23. The number of alkyl halides is 6. The van der Waals surface area contributed by atoms with E-state index in [4.69, 9.17) is 5.11 Å². The van der Waals surface area contributed by atoms with Gasteiger partial charge in [0.1, 0.15) is 0 Å². The second-order valence-corrected chi connectivity index (χ2v) is 8.10. The Morgan fingerprint density at radius 3 is 2.09 bits per heavy atom. The summed E-state index contributed by atoms with van der Waals surface area (Å²) in [4.78, 5) is 27.1. The Balaban J connectivity index is 1.66. The predicted molar refractivity (Wildman–Crippen MR) is 101 cm³/mol. The minimum Gasteiger partial charge on any atom is -0.465 e. The van der Waals surface area contributed by atoms with Gasteiger partial charge in [-0.05, 0) is 43.9 Å². The average Bonchev–Trinajstić information content (AvgIpc) is 3.00. The van der Waals surface area contributed by atoms with Gasteiger partial charge in [-0.25, -0.2) is 4.79 Å². The number of benzene rings is 1. The fourth-order valence-corrected chi connectivity index (χ4v) is 4.23. The van der Waals surface area contributed by atoms with Gasteiger partial charge in [0.2, 0.25) is 0 Å². The van der Waals surface area contributed by atoms with E-state index in [2.05, 4.69) is 10.2 Å². The number of amides is 2. The first-order valence-corrected chi connectivity index (χ1v) is 10.2. The minimum absolute atomic E-state index is 0.0133. The molecule has 1 aromatic carbocycles. The molecule has 0 saturated carbocycles. The van der Waals surface area contributed by atoms with Crippen LogP contribution in [0.2, 0.25) is 0 Å². The van der Waals surface area contributed by atoms with Gasteiger partial charge in [-0.1, -0.05) is 0 Å². The number of nitrogens with zero attached hydrogens (tertiary/aromatic N) is 2. The van der Waals surface area contributed by atoms with Crippen molar-refractivity contribution in [3.63, 3.8) is 0 Å². The van der Waals surface area contributed by atoms with Gasteiger partial charge in [-0.15, -0.1) is 0 Å². The molecule has 6 nitrogen and oxygen atoms in total. The standard InChI is InChI=1S/C20H23F6N3O3/c21-19(22,23)13-8-12(9-14(10-13)20(24,25)26)17(30)27-15-3-6-29(11-15)16-2-1-5-28(7-4-16)18(31)32/h8-10,15-16H,1-7,11H2,(H,27,30)(H,31,32)/t15-,16?/m1/s1. The summed E-state index contributed by atoms with van der Waals surface area (Å²) in [6.45, 7) is 1.82. The zero-order valence-electron chi connectivity index (χ0n) is 17.0. The Labute approximate surface area is 180 Å². The molecular weight excluding hydrogens is 444 g/mol. The number of hydrogen-bond acceptors (Lipinski definition) is 3. The van der Waals surface area contributed by atoms with E-state index in [9.17, 15) is 35.9 Å². The quantitative estimate of drug-likeness (QED) is 0.658. The van der Waals surface area contributed by atoms with Gasteiger partial charge in [0.25, 0.3) is 5.91 Å². The van der Waals surface area contributed by atoms with Crippen molar-refractivity contribution in [3.05, 3.63) is 34.9 Å². The van der Waals surface area contributed by atoms with Gasteiger partial charge < -0.3 is 15.3 Å². The number of likely N-dealkylation sites (tertiary alicyclic amines) is 2. The molecule has 3 rings (SSSR count). The maximum absolute atomic E-state index is 13.0. The molecule has 2 heterocycles. The molecule has 12 heteroatoms. The lowest BCUT2D eigenvalue weighted by Crippen LogP contribution is -2.40. The molecule has 2 aliphatic heterocycles. The van der Waals surface area contributed by atoms with E-state index < -0.39 is 47.1 Å². The summed E-state index contributed by atoms with van der Waals surface area (Å²) in [5.41, 5.74) is -3.77. The lowest BCUT2D eigenvalue weighted by molar-refractivity contribution is -0.143. The van der Waals surface area contributed by atoms with Crippen molar-refractivity contribution in [3.8, 4) is 0 Å². The van der Waals surface area contributed by atoms with Crippen LogP contribution in [0, 0.1) is 0 Å². The van der Waals surface area contributed by atoms with Gasteiger partial charge in [0.15, 0.2) is 0 Å². The van der Waals surface area contributed by atoms with E-state index in [1.807, 2.05) is 0 Å². The number of carboxylic acid groups (broad SMARTS) is 1. The lowest BCUT2D eigenvalue weighted by Gasteiger charge is -2.26. The zero-order valence-corrected chi connectivity index (χ0v) is 17.0. The highest BCUT2D eigenvalue weighted by molar-refractivity contribution is 5.95. The summed E-state index contributed by atoms with van der Waals surface area (Å²) in [6.07, 6.45) is -8.45. The van der Waals surface area contributed by atoms with Gasteiger partial charge in [-0.3, -0.25) is 9.69 Å². The third-order valence-electron chi connectivity index (χ3n) is 5.89. The van der Waals surface area contributed by atoms with Gasteiger partial charge >= 0.3 is 18.4 Å². The minimum atomic E-state index is -5.02. The van der Waals surface area contributed by atoms with Crippen molar-refractivity contribution in [1.29, 1.82) is 0 Å². The van der Waals surface area contributed by atoms with Crippen molar-refractivity contribution in [2.24, 2.45) is 0 Å². The van der Waals surface area contributed by atoms with E-state index >= 15 is 0 Å². The number of carbonyl (C=O) groups is 2. The molecule has 1 aromatic rings. The molecule has 0 spiro atoms. The number of halogens is 6. The summed E-state index contributed by atoms with van der Waals surface area (Å²) in [7, 11) is 0. The molecule has 0 aliphatic carbocycles. The van der Waals surface area contributed by atoms with E-state index in [-0.39, 0.29) is 12.1 Å². The Kier molecular flexibility index (Phi) is 6.91. The highest BCUT2D eigenvalue weighted by Gasteiger charge is 2.38. The monoisotopic (exact) mass is 467 g/mol. The van der Waals surface area contributed by atoms with E-state index in [1.54, 1.807) is 0 Å². The molecular formula is C20H23F6N3O3. The normalized spacial score (nSPS) is 23.1. The fraction of sp³-hybridized carbons (Fsp3) is 0.600. The Hall–Kier alpha value is -2.50. The summed E-state index contributed by atoms with van der Waals surface area (Å²) >= 11 is 0. The largest absolute Gasteiger partial charge is 0.465 e. The number of rotatable bonds is 3. The Morgan fingerprint density at radius 2 is 1.53 bits per heavy atom. The van der Waals surface area contributed by atoms with Crippen LogP contribution >= 0.6 is 0 Å². The molecule has 0 radical (unpaired) electrons.